The Hall–Kier alpha value is -2.67. The fourth-order valence-corrected chi connectivity index (χ4v) is 7.26. The van der Waals surface area contributed by atoms with Crippen LogP contribution in [0, 0.1) is 11.3 Å². The maximum absolute atomic E-state index is 13.2. The molecule has 1 N–H and O–H groups in total. The quantitative estimate of drug-likeness (QED) is 0.679. The lowest BCUT2D eigenvalue weighted by Gasteiger charge is -2.45. The number of carboxylic acid groups (broad SMARTS) is 1. The van der Waals surface area contributed by atoms with Gasteiger partial charge in [0.15, 0.2) is 5.78 Å². The molecule has 2 aromatic carbocycles. The molecule has 2 unspecified atom stereocenters. The number of carbonyl (C=O) groups excluding carboxylic acids is 1. The molecule has 0 radical (unpaired) electrons. The van der Waals surface area contributed by atoms with E-state index < -0.39 is 26.9 Å². The zero-order valence-corrected chi connectivity index (χ0v) is 19.5. The summed E-state index contributed by atoms with van der Waals surface area (Å²) >= 11 is 0. The van der Waals surface area contributed by atoms with E-state index in [9.17, 15) is 18.0 Å². The van der Waals surface area contributed by atoms with Gasteiger partial charge in [0.1, 0.15) is 5.54 Å². The number of aryl methyl sites for hydroxylation is 2. The second kappa shape index (κ2) is 7.73. The van der Waals surface area contributed by atoms with Crippen LogP contribution in [0.25, 0.3) is 0 Å². The SMILES string of the molecule is CC1(C)C2CCC1(N(c1cccc(CCc3ccc(C(=O)O)cc3)c1)S(C)(=O)=O)C(=O)C2. The zero-order valence-electron chi connectivity index (χ0n) is 18.7. The molecule has 2 aromatic rings. The number of aromatic carboxylic acids is 1. The molecule has 2 aliphatic rings. The number of benzene rings is 2. The lowest BCUT2D eigenvalue weighted by Crippen LogP contribution is -2.60. The number of ketones is 1. The molecule has 170 valence electrons. The fraction of sp³-hybridized carbons (Fsp3) is 0.440. The molecular formula is C25H29NO5S. The first kappa shape index (κ1) is 22.5. The average Bonchev–Trinajstić information content (AvgIpc) is 3.07. The lowest BCUT2D eigenvalue weighted by atomic mass is 9.75. The lowest BCUT2D eigenvalue weighted by molar-refractivity contribution is -0.123. The fourth-order valence-electron chi connectivity index (χ4n) is 5.76. The van der Waals surface area contributed by atoms with Crippen molar-refractivity contribution in [2.24, 2.45) is 11.3 Å². The minimum atomic E-state index is -3.69. The van der Waals surface area contributed by atoms with Crippen LogP contribution in [0.1, 0.15) is 54.6 Å². The van der Waals surface area contributed by atoms with Crippen LogP contribution >= 0.6 is 0 Å². The van der Waals surface area contributed by atoms with Crippen LogP contribution in [0.2, 0.25) is 0 Å². The van der Waals surface area contributed by atoms with E-state index in [-0.39, 0.29) is 17.3 Å². The average molecular weight is 456 g/mol. The van der Waals surface area contributed by atoms with Gasteiger partial charge < -0.3 is 5.11 Å². The van der Waals surface area contributed by atoms with E-state index in [0.717, 1.165) is 17.5 Å². The summed E-state index contributed by atoms with van der Waals surface area (Å²) in [7, 11) is -3.69. The van der Waals surface area contributed by atoms with Crippen molar-refractivity contribution in [3.8, 4) is 0 Å². The van der Waals surface area contributed by atoms with Crippen molar-refractivity contribution < 1.29 is 23.1 Å². The van der Waals surface area contributed by atoms with Crippen molar-refractivity contribution in [1.29, 1.82) is 0 Å². The van der Waals surface area contributed by atoms with Gasteiger partial charge in [0.05, 0.1) is 17.5 Å². The van der Waals surface area contributed by atoms with Crippen molar-refractivity contribution in [3.63, 3.8) is 0 Å². The Kier molecular flexibility index (Phi) is 5.44. The number of rotatable bonds is 7. The molecule has 0 heterocycles. The van der Waals surface area contributed by atoms with Crippen molar-refractivity contribution in [3.05, 3.63) is 65.2 Å². The van der Waals surface area contributed by atoms with Gasteiger partial charge in [0.2, 0.25) is 10.0 Å². The van der Waals surface area contributed by atoms with E-state index in [0.29, 0.717) is 31.4 Å². The number of hydrogen-bond acceptors (Lipinski definition) is 4. The van der Waals surface area contributed by atoms with Gasteiger partial charge in [-0.3, -0.25) is 9.10 Å². The predicted molar refractivity (Wildman–Crippen MR) is 123 cm³/mol. The first-order valence-electron chi connectivity index (χ1n) is 10.9. The first-order chi connectivity index (χ1) is 15.0. The van der Waals surface area contributed by atoms with Gasteiger partial charge in [-0.1, -0.05) is 38.1 Å². The van der Waals surface area contributed by atoms with Gasteiger partial charge in [0, 0.05) is 6.42 Å². The summed E-state index contributed by atoms with van der Waals surface area (Å²) in [5, 5.41) is 9.04. The molecule has 0 saturated heterocycles. The van der Waals surface area contributed by atoms with E-state index in [2.05, 4.69) is 0 Å². The monoisotopic (exact) mass is 455 g/mol. The Balaban J connectivity index is 1.64. The first-order valence-corrected chi connectivity index (χ1v) is 12.8. The summed E-state index contributed by atoms with van der Waals surface area (Å²) in [6.45, 7) is 4.05. The molecule has 0 aliphatic heterocycles. The van der Waals surface area contributed by atoms with E-state index in [1.807, 2.05) is 32.0 Å². The van der Waals surface area contributed by atoms with E-state index in [1.165, 1.54) is 10.6 Å². The third kappa shape index (κ3) is 3.52. The Morgan fingerprint density at radius 1 is 1.09 bits per heavy atom. The van der Waals surface area contributed by atoms with Gasteiger partial charge in [-0.15, -0.1) is 0 Å². The van der Waals surface area contributed by atoms with E-state index in [1.54, 1.807) is 30.3 Å². The highest BCUT2D eigenvalue weighted by Gasteiger charge is 2.68. The van der Waals surface area contributed by atoms with Gasteiger partial charge >= 0.3 is 5.97 Å². The van der Waals surface area contributed by atoms with Gasteiger partial charge in [-0.05, 0) is 72.4 Å². The molecule has 6 nitrogen and oxygen atoms in total. The number of hydrogen-bond donors (Lipinski definition) is 1. The highest BCUT2D eigenvalue weighted by Crippen LogP contribution is 2.62. The largest absolute Gasteiger partial charge is 0.478 e. The zero-order chi connectivity index (χ0) is 23.3. The van der Waals surface area contributed by atoms with Gasteiger partial charge in [-0.25, -0.2) is 13.2 Å². The predicted octanol–water partition coefficient (Wildman–Crippen LogP) is 4.08. The highest BCUT2D eigenvalue weighted by atomic mass is 32.2. The Labute approximate surface area is 189 Å². The van der Waals surface area contributed by atoms with Gasteiger partial charge in [0.25, 0.3) is 0 Å². The highest BCUT2D eigenvalue weighted by molar-refractivity contribution is 7.92. The Morgan fingerprint density at radius 3 is 2.28 bits per heavy atom. The minimum absolute atomic E-state index is 0.0214. The van der Waals surface area contributed by atoms with E-state index >= 15 is 0 Å². The number of carbonyl (C=O) groups is 2. The molecule has 0 aromatic heterocycles. The Bertz CT molecular complexity index is 1170. The summed E-state index contributed by atoms with van der Waals surface area (Å²) in [4.78, 5) is 24.2. The van der Waals surface area contributed by atoms with E-state index in [4.69, 9.17) is 5.11 Å². The smallest absolute Gasteiger partial charge is 0.335 e. The van der Waals surface area contributed by atoms with Crippen molar-refractivity contribution in [2.75, 3.05) is 10.6 Å². The molecule has 7 heteroatoms. The van der Waals surface area contributed by atoms with Crippen LogP contribution in [-0.2, 0) is 27.7 Å². The molecule has 2 fully saturated rings. The number of nitrogens with zero attached hydrogens (tertiary/aromatic N) is 1. The third-order valence-electron chi connectivity index (χ3n) is 7.56. The van der Waals surface area contributed by atoms with Crippen LogP contribution < -0.4 is 4.31 Å². The summed E-state index contributed by atoms with van der Waals surface area (Å²) in [6, 6.07) is 14.2. The molecule has 2 atom stereocenters. The summed E-state index contributed by atoms with van der Waals surface area (Å²) < 4.78 is 27.5. The topological polar surface area (TPSA) is 91.8 Å². The van der Waals surface area contributed by atoms with Crippen LogP contribution in [0.3, 0.4) is 0 Å². The Morgan fingerprint density at radius 2 is 1.75 bits per heavy atom. The maximum atomic E-state index is 13.2. The molecule has 2 saturated carbocycles. The summed E-state index contributed by atoms with van der Waals surface area (Å²) in [6.07, 6.45) is 4.40. The van der Waals surface area contributed by atoms with Crippen LogP contribution in [-0.4, -0.2) is 37.1 Å². The van der Waals surface area contributed by atoms with Crippen molar-refractivity contribution in [1.82, 2.24) is 0 Å². The maximum Gasteiger partial charge on any atom is 0.335 e. The molecule has 2 bridgehead atoms. The number of sulfonamides is 1. The number of fused-ring (bicyclic) bond motifs is 2. The van der Waals surface area contributed by atoms with Gasteiger partial charge in [-0.2, -0.15) is 0 Å². The minimum Gasteiger partial charge on any atom is -0.478 e. The second-order valence-corrected chi connectivity index (χ2v) is 11.5. The molecular weight excluding hydrogens is 426 g/mol. The van der Waals surface area contributed by atoms with Crippen molar-refractivity contribution in [2.45, 2.75) is 51.5 Å². The normalized spacial score (nSPS) is 24.0. The molecule has 32 heavy (non-hydrogen) atoms. The number of carboxylic acids is 1. The van der Waals surface area contributed by atoms with Crippen molar-refractivity contribution >= 4 is 27.5 Å². The molecule has 0 amide bonds. The standard InChI is InChI=1S/C25H29NO5S/c1-24(2)20-13-14-25(24,22(27)16-20)26(32(3,30)31)21-6-4-5-18(15-21)8-7-17-9-11-19(12-10-17)23(28)29/h4-6,9-12,15,20H,7-8,13-14,16H2,1-3H3,(H,28,29). The summed E-state index contributed by atoms with van der Waals surface area (Å²) in [5.74, 6) is -0.729. The molecule has 0 spiro atoms. The molecule has 4 rings (SSSR count). The number of Topliss-reactive ketones (excluding diaryl/α,β-unsaturated/α-hetero) is 1. The third-order valence-corrected chi connectivity index (χ3v) is 8.75. The second-order valence-electron chi connectivity index (χ2n) is 9.64. The van der Waals surface area contributed by atoms with Crippen LogP contribution in [0.4, 0.5) is 5.69 Å². The number of anilines is 1. The van der Waals surface area contributed by atoms with Crippen LogP contribution in [0.15, 0.2) is 48.5 Å². The summed E-state index contributed by atoms with van der Waals surface area (Å²) in [5.41, 5.74) is 1.30. The molecule has 2 aliphatic carbocycles. The van der Waals surface area contributed by atoms with Crippen LogP contribution in [0.5, 0.6) is 0 Å².